The Kier molecular flexibility index (Phi) is 3.22. The van der Waals surface area contributed by atoms with Gasteiger partial charge in [0.1, 0.15) is 0 Å². The van der Waals surface area contributed by atoms with Crippen LogP contribution in [0.5, 0.6) is 0 Å². The number of rotatable bonds is 3. The Labute approximate surface area is 75.4 Å². The quantitative estimate of drug-likeness (QED) is 0.676. The van der Waals surface area contributed by atoms with E-state index < -0.39 is 0 Å². The first kappa shape index (κ1) is 9.19. The van der Waals surface area contributed by atoms with Gasteiger partial charge in [-0.05, 0) is 13.3 Å². The van der Waals surface area contributed by atoms with Crippen LogP contribution in [0.1, 0.15) is 28.7 Å². The molecule has 0 aliphatic carbocycles. The van der Waals surface area contributed by atoms with Gasteiger partial charge in [-0.2, -0.15) is 0 Å². The smallest absolute Gasteiger partial charge is 0.358 e. The SMILES string of the molecule is CCCOC(=O)c1ncsc1C. The van der Waals surface area contributed by atoms with Gasteiger partial charge in [-0.15, -0.1) is 11.3 Å². The standard InChI is InChI=1S/C8H11NO2S/c1-3-4-11-8(10)7-6(2)12-5-9-7/h5H,3-4H2,1-2H3. The summed E-state index contributed by atoms with van der Waals surface area (Å²) in [5.41, 5.74) is 2.10. The average Bonchev–Trinajstić information content (AvgIpc) is 2.47. The second-order valence-corrected chi connectivity index (χ2v) is 3.45. The molecule has 1 rings (SSSR count). The predicted molar refractivity (Wildman–Crippen MR) is 47.4 cm³/mol. The van der Waals surface area contributed by atoms with Crippen molar-refractivity contribution < 1.29 is 9.53 Å². The number of esters is 1. The van der Waals surface area contributed by atoms with Crippen molar-refractivity contribution in [2.45, 2.75) is 20.3 Å². The molecule has 0 amide bonds. The number of ether oxygens (including phenoxy) is 1. The molecule has 0 aliphatic heterocycles. The minimum Gasteiger partial charge on any atom is -0.461 e. The van der Waals surface area contributed by atoms with E-state index in [0.717, 1.165) is 11.3 Å². The zero-order chi connectivity index (χ0) is 8.97. The van der Waals surface area contributed by atoms with Gasteiger partial charge in [-0.1, -0.05) is 6.92 Å². The summed E-state index contributed by atoms with van der Waals surface area (Å²) >= 11 is 1.45. The number of carbonyl (C=O) groups is 1. The number of hydrogen-bond acceptors (Lipinski definition) is 4. The van der Waals surface area contributed by atoms with Crippen molar-refractivity contribution in [1.82, 2.24) is 4.98 Å². The summed E-state index contributed by atoms with van der Waals surface area (Å²) in [5, 5.41) is 0. The molecular formula is C8H11NO2S. The Morgan fingerprint density at radius 2 is 2.50 bits per heavy atom. The fourth-order valence-corrected chi connectivity index (χ4v) is 1.33. The van der Waals surface area contributed by atoms with Gasteiger partial charge in [0.15, 0.2) is 5.69 Å². The van der Waals surface area contributed by atoms with E-state index in [2.05, 4.69) is 4.98 Å². The van der Waals surface area contributed by atoms with Crippen molar-refractivity contribution >= 4 is 17.3 Å². The first-order valence-corrected chi connectivity index (χ1v) is 4.71. The van der Waals surface area contributed by atoms with Crippen LogP contribution in [0.4, 0.5) is 0 Å². The lowest BCUT2D eigenvalue weighted by molar-refractivity contribution is 0.0498. The second kappa shape index (κ2) is 4.21. The highest BCUT2D eigenvalue weighted by Crippen LogP contribution is 2.11. The lowest BCUT2D eigenvalue weighted by atomic mass is 10.4. The zero-order valence-corrected chi connectivity index (χ0v) is 7.98. The molecule has 0 radical (unpaired) electrons. The maximum absolute atomic E-state index is 11.2. The van der Waals surface area contributed by atoms with E-state index in [9.17, 15) is 4.79 Å². The summed E-state index contributed by atoms with van der Waals surface area (Å²) in [6.45, 7) is 4.29. The first-order valence-electron chi connectivity index (χ1n) is 3.83. The molecule has 0 atom stereocenters. The van der Waals surface area contributed by atoms with Crippen LogP contribution in [0.15, 0.2) is 5.51 Å². The molecule has 0 bridgehead atoms. The van der Waals surface area contributed by atoms with Crippen LogP contribution in [0.3, 0.4) is 0 Å². The minimum absolute atomic E-state index is 0.310. The molecule has 66 valence electrons. The summed E-state index contributed by atoms with van der Waals surface area (Å²) in [4.78, 5) is 16.0. The summed E-state index contributed by atoms with van der Waals surface area (Å²) in [6, 6.07) is 0. The third-order valence-corrected chi connectivity index (χ3v) is 2.13. The van der Waals surface area contributed by atoms with E-state index in [-0.39, 0.29) is 5.97 Å². The maximum Gasteiger partial charge on any atom is 0.358 e. The molecule has 1 heterocycles. The molecule has 0 spiro atoms. The minimum atomic E-state index is -0.310. The summed E-state index contributed by atoms with van der Waals surface area (Å²) in [7, 11) is 0. The van der Waals surface area contributed by atoms with Crippen LogP contribution in [-0.2, 0) is 4.74 Å². The lowest BCUT2D eigenvalue weighted by Gasteiger charge is -1.99. The fraction of sp³-hybridized carbons (Fsp3) is 0.500. The van der Waals surface area contributed by atoms with E-state index >= 15 is 0 Å². The van der Waals surface area contributed by atoms with Crippen molar-refractivity contribution in [2.75, 3.05) is 6.61 Å². The molecule has 0 unspecified atom stereocenters. The van der Waals surface area contributed by atoms with Gasteiger partial charge >= 0.3 is 5.97 Å². The van der Waals surface area contributed by atoms with Crippen molar-refractivity contribution in [2.24, 2.45) is 0 Å². The molecule has 0 fully saturated rings. The molecule has 0 saturated heterocycles. The molecule has 12 heavy (non-hydrogen) atoms. The molecule has 0 aliphatic rings. The molecule has 3 nitrogen and oxygen atoms in total. The average molecular weight is 185 g/mol. The molecule has 0 N–H and O–H groups in total. The monoisotopic (exact) mass is 185 g/mol. The topological polar surface area (TPSA) is 39.2 Å². The molecule has 0 saturated carbocycles. The van der Waals surface area contributed by atoms with Crippen LogP contribution >= 0.6 is 11.3 Å². The first-order chi connectivity index (χ1) is 5.75. The van der Waals surface area contributed by atoms with Crippen molar-refractivity contribution in [3.63, 3.8) is 0 Å². The highest BCUT2D eigenvalue weighted by Gasteiger charge is 2.12. The Hall–Kier alpha value is -0.900. The molecule has 4 heteroatoms. The van der Waals surface area contributed by atoms with Gasteiger partial charge in [-0.3, -0.25) is 0 Å². The van der Waals surface area contributed by atoms with Crippen LogP contribution in [0, 0.1) is 6.92 Å². The number of hydrogen-bond donors (Lipinski definition) is 0. The van der Waals surface area contributed by atoms with Gasteiger partial charge < -0.3 is 4.74 Å². The number of aryl methyl sites for hydroxylation is 1. The molecule has 1 aromatic rings. The van der Waals surface area contributed by atoms with E-state index in [1.165, 1.54) is 11.3 Å². The number of aromatic nitrogens is 1. The van der Waals surface area contributed by atoms with Gasteiger partial charge in [-0.25, -0.2) is 9.78 Å². The van der Waals surface area contributed by atoms with E-state index in [1.54, 1.807) is 5.51 Å². The zero-order valence-electron chi connectivity index (χ0n) is 7.16. The van der Waals surface area contributed by atoms with E-state index in [4.69, 9.17) is 4.74 Å². The Bertz CT molecular complexity index is 270. The highest BCUT2D eigenvalue weighted by molar-refractivity contribution is 7.09. The van der Waals surface area contributed by atoms with E-state index in [1.807, 2.05) is 13.8 Å². The third kappa shape index (κ3) is 2.04. The maximum atomic E-state index is 11.2. The van der Waals surface area contributed by atoms with Gasteiger partial charge in [0, 0.05) is 4.88 Å². The molecular weight excluding hydrogens is 174 g/mol. The van der Waals surface area contributed by atoms with Gasteiger partial charge in [0.2, 0.25) is 0 Å². The number of thiazole rings is 1. The summed E-state index contributed by atoms with van der Waals surface area (Å²) in [6.07, 6.45) is 0.842. The summed E-state index contributed by atoms with van der Waals surface area (Å²) in [5.74, 6) is -0.310. The lowest BCUT2D eigenvalue weighted by Crippen LogP contribution is -2.07. The Morgan fingerprint density at radius 1 is 1.75 bits per heavy atom. The molecule has 0 aromatic carbocycles. The van der Waals surface area contributed by atoms with Crippen LogP contribution in [-0.4, -0.2) is 17.6 Å². The Morgan fingerprint density at radius 3 is 3.00 bits per heavy atom. The normalized spacial score (nSPS) is 9.83. The predicted octanol–water partition coefficient (Wildman–Crippen LogP) is 2.02. The van der Waals surface area contributed by atoms with Crippen molar-refractivity contribution in [3.8, 4) is 0 Å². The number of nitrogens with zero attached hydrogens (tertiary/aromatic N) is 1. The van der Waals surface area contributed by atoms with E-state index in [0.29, 0.717) is 12.3 Å². The highest BCUT2D eigenvalue weighted by atomic mass is 32.1. The van der Waals surface area contributed by atoms with Crippen LogP contribution in [0.2, 0.25) is 0 Å². The van der Waals surface area contributed by atoms with Gasteiger partial charge in [0.05, 0.1) is 12.1 Å². The fourth-order valence-electron chi connectivity index (χ4n) is 0.764. The molecule has 1 aromatic heterocycles. The van der Waals surface area contributed by atoms with Crippen LogP contribution < -0.4 is 0 Å². The third-order valence-electron chi connectivity index (χ3n) is 1.38. The second-order valence-electron chi connectivity index (χ2n) is 2.39. The van der Waals surface area contributed by atoms with Crippen molar-refractivity contribution in [1.29, 1.82) is 0 Å². The Balaban J connectivity index is 2.59. The summed E-state index contributed by atoms with van der Waals surface area (Å²) < 4.78 is 4.92. The van der Waals surface area contributed by atoms with Crippen LogP contribution in [0.25, 0.3) is 0 Å². The van der Waals surface area contributed by atoms with Crippen molar-refractivity contribution in [3.05, 3.63) is 16.1 Å². The largest absolute Gasteiger partial charge is 0.461 e. The number of carbonyl (C=O) groups excluding carboxylic acids is 1. The van der Waals surface area contributed by atoms with Gasteiger partial charge in [0.25, 0.3) is 0 Å².